The van der Waals surface area contributed by atoms with Crippen LogP contribution >= 0.6 is 0 Å². The molecular weight excluding hydrogens is 151 g/mol. The summed E-state index contributed by atoms with van der Waals surface area (Å²) in [5.41, 5.74) is 0. The lowest BCUT2D eigenvalue weighted by molar-refractivity contribution is -0.274. The molecule has 0 bridgehead atoms. The van der Waals surface area contributed by atoms with Crippen LogP contribution < -0.4 is 4.74 Å². The van der Waals surface area contributed by atoms with Gasteiger partial charge in [0.25, 0.3) is 0 Å². The minimum Gasteiger partial charge on any atom is -0.401 e. The fourth-order valence-electron chi connectivity index (χ4n) is 0.379. The van der Waals surface area contributed by atoms with Crippen LogP contribution in [-0.4, -0.2) is 11.5 Å². The van der Waals surface area contributed by atoms with Crippen LogP contribution in [0.2, 0.25) is 0 Å². The smallest absolute Gasteiger partial charge is 0.401 e. The Hall–Kier alpha value is -1.20. The summed E-state index contributed by atoms with van der Waals surface area (Å²) in [7, 11) is 0. The number of alkyl halides is 3. The van der Waals surface area contributed by atoms with Gasteiger partial charge in [-0.2, -0.15) is 0 Å². The predicted octanol–water partition coefficient (Wildman–Crippen LogP) is 1.57. The number of hydrogen-bond acceptors (Lipinski definition) is 3. The van der Waals surface area contributed by atoms with Crippen LogP contribution in [0, 0.1) is 0 Å². The second-order valence-corrected chi connectivity index (χ2v) is 1.41. The highest BCUT2D eigenvalue weighted by Crippen LogP contribution is 2.21. The summed E-state index contributed by atoms with van der Waals surface area (Å²) in [6.45, 7) is 0. The Labute approximate surface area is 53.4 Å². The average Bonchev–Trinajstić information content (AvgIpc) is 2.12. The first kappa shape index (κ1) is 6.91. The van der Waals surface area contributed by atoms with Crippen LogP contribution in [0.25, 0.3) is 0 Å². The highest BCUT2D eigenvalue weighted by Gasteiger charge is 2.31. The largest absolute Gasteiger partial charge is 0.573 e. The number of ether oxygens (including phenoxy) is 1. The van der Waals surface area contributed by atoms with Crippen molar-refractivity contribution in [3.05, 3.63) is 12.5 Å². The lowest BCUT2D eigenvalue weighted by atomic mass is 10.7. The van der Waals surface area contributed by atoms with Crippen molar-refractivity contribution in [3.63, 3.8) is 0 Å². The Morgan fingerprint density at radius 3 is 2.60 bits per heavy atom. The summed E-state index contributed by atoms with van der Waals surface area (Å²) in [6, 6.07) is 0. The van der Waals surface area contributed by atoms with Crippen LogP contribution in [0.15, 0.2) is 17.0 Å². The molecule has 0 saturated heterocycles. The fraction of sp³-hybridized carbons (Fsp3) is 0.250. The average molecular weight is 153 g/mol. The Kier molecular flexibility index (Phi) is 1.52. The molecule has 0 atom stereocenters. The molecule has 1 aromatic heterocycles. The molecule has 0 spiro atoms. The first-order valence-electron chi connectivity index (χ1n) is 2.23. The van der Waals surface area contributed by atoms with Crippen molar-refractivity contribution in [2.24, 2.45) is 0 Å². The van der Waals surface area contributed by atoms with Gasteiger partial charge in [0.05, 0.1) is 0 Å². The summed E-state index contributed by atoms with van der Waals surface area (Å²) in [5.74, 6) is -0.451. The van der Waals surface area contributed by atoms with Crippen molar-refractivity contribution >= 4 is 0 Å². The maximum atomic E-state index is 11.3. The van der Waals surface area contributed by atoms with Gasteiger partial charge in [-0.15, -0.1) is 13.2 Å². The number of hydrogen-bond donors (Lipinski definition) is 0. The molecular formula is C4H2F3NO2. The second-order valence-electron chi connectivity index (χ2n) is 1.41. The monoisotopic (exact) mass is 153 g/mol. The van der Waals surface area contributed by atoms with E-state index < -0.39 is 12.1 Å². The van der Waals surface area contributed by atoms with Crippen LogP contribution in [0.5, 0.6) is 5.75 Å². The molecule has 0 amide bonds. The van der Waals surface area contributed by atoms with E-state index in [1.807, 2.05) is 0 Å². The summed E-state index contributed by atoms with van der Waals surface area (Å²) in [6.07, 6.45) is -3.09. The van der Waals surface area contributed by atoms with Gasteiger partial charge in [0.2, 0.25) is 0 Å². The number of nitrogens with zero attached hydrogens (tertiary/aromatic N) is 1. The van der Waals surface area contributed by atoms with Crippen molar-refractivity contribution in [3.8, 4) is 5.75 Å². The number of aromatic nitrogens is 1. The highest BCUT2D eigenvalue weighted by molar-refractivity contribution is 5.08. The molecule has 1 rings (SSSR count). The molecule has 0 saturated carbocycles. The minimum absolute atomic E-state index is 0.451. The quantitative estimate of drug-likeness (QED) is 0.614. The Bertz CT molecular complexity index is 193. The third-order valence-electron chi connectivity index (χ3n) is 0.643. The Morgan fingerprint density at radius 2 is 2.20 bits per heavy atom. The van der Waals surface area contributed by atoms with Crippen LogP contribution in [0.4, 0.5) is 13.2 Å². The van der Waals surface area contributed by atoms with Crippen molar-refractivity contribution in [2.45, 2.75) is 6.36 Å². The zero-order chi connectivity index (χ0) is 7.61. The van der Waals surface area contributed by atoms with Crippen molar-refractivity contribution < 1.29 is 22.4 Å². The van der Waals surface area contributed by atoms with Crippen LogP contribution in [0.3, 0.4) is 0 Å². The van der Waals surface area contributed by atoms with Gasteiger partial charge in [-0.05, 0) is 0 Å². The molecule has 56 valence electrons. The van der Waals surface area contributed by atoms with Crippen LogP contribution in [0.1, 0.15) is 0 Å². The normalized spacial score (nSPS) is 11.5. The summed E-state index contributed by atoms with van der Waals surface area (Å²) in [5, 5.41) is 3.01. The first-order chi connectivity index (χ1) is 4.58. The molecule has 0 N–H and O–H groups in total. The van der Waals surface area contributed by atoms with Gasteiger partial charge in [-0.25, -0.2) is 0 Å². The van der Waals surface area contributed by atoms with E-state index in [0.29, 0.717) is 0 Å². The minimum atomic E-state index is -4.68. The molecule has 3 nitrogen and oxygen atoms in total. The van der Waals surface area contributed by atoms with E-state index in [-0.39, 0.29) is 0 Å². The van der Waals surface area contributed by atoms with E-state index in [4.69, 9.17) is 0 Å². The van der Waals surface area contributed by atoms with Crippen LogP contribution in [-0.2, 0) is 0 Å². The van der Waals surface area contributed by atoms with E-state index in [9.17, 15) is 13.2 Å². The third kappa shape index (κ3) is 1.96. The Balaban J connectivity index is 2.57. The van der Waals surface area contributed by atoms with E-state index in [1.165, 1.54) is 0 Å². The second kappa shape index (κ2) is 2.20. The Morgan fingerprint density at radius 1 is 1.50 bits per heavy atom. The first-order valence-corrected chi connectivity index (χ1v) is 2.23. The topological polar surface area (TPSA) is 35.3 Å². The van der Waals surface area contributed by atoms with Gasteiger partial charge in [0, 0.05) is 0 Å². The van der Waals surface area contributed by atoms with Gasteiger partial charge >= 0.3 is 6.36 Å². The van der Waals surface area contributed by atoms with Gasteiger partial charge in [-0.3, -0.25) is 0 Å². The molecule has 0 aliphatic rings. The molecule has 1 heterocycles. The molecule has 1 aromatic rings. The molecule has 0 unspecified atom stereocenters. The van der Waals surface area contributed by atoms with Crippen molar-refractivity contribution in [1.29, 1.82) is 0 Å². The van der Waals surface area contributed by atoms with Gasteiger partial charge < -0.3 is 9.26 Å². The maximum absolute atomic E-state index is 11.3. The van der Waals surface area contributed by atoms with Gasteiger partial charge in [-0.1, -0.05) is 5.16 Å². The third-order valence-corrected chi connectivity index (χ3v) is 0.643. The number of halogens is 3. The molecule has 10 heavy (non-hydrogen) atoms. The van der Waals surface area contributed by atoms with Crippen molar-refractivity contribution in [2.75, 3.05) is 0 Å². The molecule has 0 aliphatic carbocycles. The standard InChI is InChI=1S/C4H2F3NO2/c5-4(6,7)10-3-1-8-9-2-3/h1-2H. The SMILES string of the molecule is FC(F)(F)Oc1cnoc1. The van der Waals surface area contributed by atoms with Gasteiger partial charge in [0.15, 0.2) is 12.0 Å². The lowest BCUT2D eigenvalue weighted by Crippen LogP contribution is -2.16. The zero-order valence-corrected chi connectivity index (χ0v) is 4.55. The predicted molar refractivity (Wildman–Crippen MR) is 23.2 cm³/mol. The number of rotatable bonds is 1. The van der Waals surface area contributed by atoms with E-state index in [2.05, 4.69) is 14.4 Å². The van der Waals surface area contributed by atoms with Gasteiger partial charge in [0.1, 0.15) is 6.20 Å². The lowest BCUT2D eigenvalue weighted by Gasteiger charge is -2.03. The maximum Gasteiger partial charge on any atom is 0.573 e. The van der Waals surface area contributed by atoms with E-state index in [0.717, 1.165) is 12.5 Å². The zero-order valence-electron chi connectivity index (χ0n) is 4.55. The molecule has 0 fully saturated rings. The molecule has 0 aliphatic heterocycles. The summed E-state index contributed by atoms with van der Waals surface area (Å²) < 4.78 is 41.5. The molecule has 0 radical (unpaired) electrons. The highest BCUT2D eigenvalue weighted by atomic mass is 19.4. The van der Waals surface area contributed by atoms with E-state index >= 15 is 0 Å². The molecule has 0 aromatic carbocycles. The summed E-state index contributed by atoms with van der Waals surface area (Å²) in [4.78, 5) is 0. The summed E-state index contributed by atoms with van der Waals surface area (Å²) >= 11 is 0. The molecule has 6 heteroatoms. The van der Waals surface area contributed by atoms with Crippen molar-refractivity contribution in [1.82, 2.24) is 5.16 Å². The fourth-order valence-corrected chi connectivity index (χ4v) is 0.379. The van der Waals surface area contributed by atoms with E-state index in [1.54, 1.807) is 0 Å².